The molecule has 5 nitrogen and oxygen atoms in total. The molecule has 0 saturated carbocycles. The Kier molecular flexibility index (Phi) is 5.77. The maximum Gasteiger partial charge on any atom is 0.135 e. The van der Waals surface area contributed by atoms with E-state index < -0.39 is 0 Å². The molecule has 3 unspecified atom stereocenters. The fourth-order valence-corrected chi connectivity index (χ4v) is 7.58. The third-order valence-electron chi connectivity index (χ3n) is 9.76. The Balaban J connectivity index is 1.02. The van der Waals surface area contributed by atoms with Gasteiger partial charge in [0.2, 0.25) is 0 Å². The van der Waals surface area contributed by atoms with E-state index in [1.165, 1.54) is 44.2 Å². The molecule has 0 saturated heterocycles. The summed E-state index contributed by atoms with van der Waals surface area (Å²) in [7, 11) is 0. The van der Waals surface area contributed by atoms with Crippen molar-refractivity contribution in [3.63, 3.8) is 0 Å². The highest BCUT2D eigenvalue weighted by Gasteiger charge is 2.30. The Hall–Kier alpha value is -5.91. The van der Waals surface area contributed by atoms with Crippen molar-refractivity contribution in [1.29, 1.82) is 0 Å². The fourth-order valence-electron chi connectivity index (χ4n) is 7.58. The zero-order chi connectivity index (χ0) is 30.9. The molecule has 3 atom stereocenters. The number of amidine groups is 1. The van der Waals surface area contributed by atoms with Crippen molar-refractivity contribution in [2.24, 2.45) is 4.99 Å². The van der Waals surface area contributed by atoms with E-state index in [0.717, 1.165) is 39.3 Å². The van der Waals surface area contributed by atoms with Crippen LogP contribution in [0.2, 0.25) is 0 Å². The molecule has 2 aliphatic heterocycles. The van der Waals surface area contributed by atoms with Gasteiger partial charge in [-0.05, 0) is 79.0 Å². The number of aliphatic imine (C=N–C) groups is 1. The van der Waals surface area contributed by atoms with Crippen molar-refractivity contribution in [3.05, 3.63) is 167 Å². The van der Waals surface area contributed by atoms with Gasteiger partial charge in [-0.3, -0.25) is 5.32 Å². The first-order chi connectivity index (χ1) is 23.3. The highest BCUT2D eigenvalue weighted by molar-refractivity contribution is 6.18. The Morgan fingerprint density at radius 3 is 2.15 bits per heavy atom. The SMILES string of the molecule is C1=Cc2oc3ccccc3c2C(C2=NC(c3ccccc3)NC(c3ccc(-c4ccc5c6c(cccc46)-c4ccccc4-5)cc3)N2)[N-]1. The van der Waals surface area contributed by atoms with E-state index in [9.17, 15) is 0 Å². The third kappa shape index (κ3) is 4.10. The van der Waals surface area contributed by atoms with Gasteiger partial charge in [0.05, 0.1) is 5.84 Å². The lowest BCUT2D eigenvalue weighted by molar-refractivity contribution is 0.403. The first-order valence-corrected chi connectivity index (χ1v) is 16.1. The summed E-state index contributed by atoms with van der Waals surface area (Å²) in [5, 5.41) is 16.1. The monoisotopic (exact) mass is 605 g/mol. The molecule has 6 aromatic carbocycles. The summed E-state index contributed by atoms with van der Waals surface area (Å²) in [4.78, 5) is 5.20. The van der Waals surface area contributed by atoms with Crippen molar-refractivity contribution in [2.45, 2.75) is 18.4 Å². The van der Waals surface area contributed by atoms with Crippen LogP contribution in [0.15, 0.2) is 149 Å². The van der Waals surface area contributed by atoms with Crippen LogP contribution in [0, 0.1) is 0 Å². The van der Waals surface area contributed by atoms with Gasteiger partial charge in [-0.15, -0.1) is 0 Å². The lowest BCUT2D eigenvalue weighted by atomic mass is 9.93. The second-order valence-electron chi connectivity index (χ2n) is 12.4. The lowest BCUT2D eigenvalue weighted by Gasteiger charge is -2.40. The van der Waals surface area contributed by atoms with Crippen LogP contribution >= 0.6 is 0 Å². The van der Waals surface area contributed by atoms with E-state index in [1.54, 1.807) is 0 Å². The summed E-state index contributed by atoms with van der Waals surface area (Å²) in [6, 6.07) is 47.1. The minimum Gasteiger partial charge on any atom is -0.678 e. The van der Waals surface area contributed by atoms with Gasteiger partial charge < -0.3 is 15.1 Å². The molecular weight excluding hydrogens is 576 g/mol. The van der Waals surface area contributed by atoms with Gasteiger partial charge in [0, 0.05) is 5.39 Å². The van der Waals surface area contributed by atoms with E-state index in [2.05, 4.69) is 120 Å². The smallest absolute Gasteiger partial charge is 0.135 e. The standard InChI is InChI=1S/C42H29N4O/c1-2-9-26(10-3-1)40-44-41(46-42(45-40)39-38-34-13-6-7-16-35(34)47-36(38)23-24-43-39)27-19-17-25(18-20-27)28-21-22-33-30-12-5-4-11-29(30)32-15-8-14-31(28)37(32)33/h1-24,39-41,44H,(H,45,46)/q-1. The number of hydrogen-bond acceptors (Lipinski definition) is 4. The normalized spacial score (nSPS) is 19.1. The van der Waals surface area contributed by atoms with E-state index in [4.69, 9.17) is 14.7 Å². The number of para-hydroxylation sites is 1. The molecule has 5 heteroatoms. The molecule has 47 heavy (non-hydrogen) atoms. The molecule has 224 valence electrons. The molecule has 0 fully saturated rings. The molecule has 3 heterocycles. The summed E-state index contributed by atoms with van der Waals surface area (Å²) in [6.07, 6.45) is 3.36. The van der Waals surface area contributed by atoms with Crippen LogP contribution in [-0.4, -0.2) is 5.84 Å². The fraction of sp³-hybridized carbons (Fsp3) is 0.0714. The molecule has 0 bridgehead atoms. The van der Waals surface area contributed by atoms with Crippen LogP contribution in [0.25, 0.3) is 66.5 Å². The number of benzene rings is 6. The molecular formula is C42H29N4O-. The second-order valence-corrected chi connectivity index (χ2v) is 12.4. The maximum atomic E-state index is 6.21. The number of rotatable bonds is 4. The quantitative estimate of drug-likeness (QED) is 0.210. The number of furan rings is 1. The average molecular weight is 606 g/mol. The van der Waals surface area contributed by atoms with Crippen molar-refractivity contribution in [3.8, 4) is 33.4 Å². The van der Waals surface area contributed by atoms with Gasteiger partial charge >= 0.3 is 0 Å². The number of nitrogens with one attached hydrogen (secondary N) is 2. The minimum absolute atomic E-state index is 0.174. The van der Waals surface area contributed by atoms with Crippen molar-refractivity contribution in [2.75, 3.05) is 0 Å². The van der Waals surface area contributed by atoms with E-state index in [0.29, 0.717) is 0 Å². The lowest BCUT2D eigenvalue weighted by Crippen LogP contribution is -2.46. The molecule has 0 spiro atoms. The molecule has 1 aromatic heterocycles. The Morgan fingerprint density at radius 2 is 1.30 bits per heavy atom. The molecule has 0 amide bonds. The summed E-state index contributed by atoms with van der Waals surface area (Å²) in [5.41, 5.74) is 11.8. The average Bonchev–Trinajstić information content (AvgIpc) is 3.69. The number of nitrogens with zero attached hydrogens (tertiary/aromatic N) is 2. The van der Waals surface area contributed by atoms with Crippen LogP contribution in [0.5, 0.6) is 0 Å². The first kappa shape index (κ1) is 26.3. The zero-order valence-corrected chi connectivity index (χ0v) is 25.4. The van der Waals surface area contributed by atoms with Crippen molar-refractivity contribution < 1.29 is 4.42 Å². The summed E-state index contributed by atoms with van der Waals surface area (Å²) in [6.45, 7) is 0. The van der Waals surface area contributed by atoms with Crippen LogP contribution in [0.3, 0.4) is 0 Å². The van der Waals surface area contributed by atoms with Gasteiger partial charge in [0.1, 0.15) is 23.7 Å². The van der Waals surface area contributed by atoms with E-state index >= 15 is 0 Å². The maximum absolute atomic E-state index is 6.21. The molecule has 1 aliphatic carbocycles. The third-order valence-corrected chi connectivity index (χ3v) is 9.76. The molecule has 0 radical (unpaired) electrons. The van der Waals surface area contributed by atoms with Gasteiger partial charge in [-0.25, -0.2) is 4.99 Å². The number of hydrogen-bond donors (Lipinski definition) is 2. The predicted molar refractivity (Wildman–Crippen MR) is 191 cm³/mol. The highest BCUT2D eigenvalue weighted by atomic mass is 16.3. The molecule has 10 rings (SSSR count). The van der Waals surface area contributed by atoms with Crippen LogP contribution in [0.1, 0.15) is 40.8 Å². The van der Waals surface area contributed by atoms with E-state index in [-0.39, 0.29) is 18.4 Å². The Labute approximate surface area is 272 Å². The number of fused-ring (bicyclic) bond motifs is 6. The van der Waals surface area contributed by atoms with Crippen molar-refractivity contribution in [1.82, 2.24) is 10.6 Å². The molecule has 3 aliphatic rings. The molecule has 2 N–H and O–H groups in total. The Bertz CT molecular complexity index is 2380. The highest BCUT2D eigenvalue weighted by Crippen LogP contribution is 2.49. The van der Waals surface area contributed by atoms with Crippen molar-refractivity contribution >= 4 is 33.7 Å². The second kappa shape index (κ2) is 10.3. The topological polar surface area (TPSA) is 63.7 Å². The van der Waals surface area contributed by atoms with E-state index in [1.807, 2.05) is 36.5 Å². The van der Waals surface area contributed by atoms with Gasteiger partial charge in [0.25, 0.3) is 0 Å². The summed E-state index contributed by atoms with van der Waals surface area (Å²) >= 11 is 0. The van der Waals surface area contributed by atoms with Gasteiger partial charge in [-0.2, -0.15) is 6.20 Å². The predicted octanol–water partition coefficient (Wildman–Crippen LogP) is 10.3. The largest absolute Gasteiger partial charge is 0.678 e. The van der Waals surface area contributed by atoms with Crippen LogP contribution < -0.4 is 10.6 Å². The van der Waals surface area contributed by atoms with Gasteiger partial charge in [-0.1, -0.05) is 127 Å². The van der Waals surface area contributed by atoms with Gasteiger partial charge in [0.15, 0.2) is 0 Å². The van der Waals surface area contributed by atoms with Crippen LogP contribution in [-0.2, 0) is 0 Å². The minimum atomic E-state index is -0.300. The summed E-state index contributed by atoms with van der Waals surface area (Å²) < 4.78 is 6.21. The molecule has 7 aromatic rings. The zero-order valence-electron chi connectivity index (χ0n) is 25.4. The first-order valence-electron chi connectivity index (χ1n) is 16.1. The Morgan fingerprint density at radius 1 is 0.596 bits per heavy atom. The summed E-state index contributed by atoms with van der Waals surface area (Å²) in [5.74, 6) is 1.65. The van der Waals surface area contributed by atoms with Crippen LogP contribution in [0.4, 0.5) is 0 Å².